The molecule has 0 spiro atoms. The highest BCUT2D eigenvalue weighted by Gasteiger charge is 2.21. The van der Waals surface area contributed by atoms with Crippen LogP contribution in [0.3, 0.4) is 0 Å². The number of aromatic nitrogens is 10. The van der Waals surface area contributed by atoms with Gasteiger partial charge in [0.15, 0.2) is 40.8 Å². The van der Waals surface area contributed by atoms with E-state index in [-0.39, 0.29) is 0 Å². The molecule has 0 bridgehead atoms. The maximum Gasteiger partial charge on any atom is 0.164 e. The van der Waals surface area contributed by atoms with Crippen LogP contribution in [-0.2, 0) is 0 Å². The van der Waals surface area contributed by atoms with Crippen LogP contribution in [-0.4, -0.2) is 49.8 Å². The van der Waals surface area contributed by atoms with E-state index in [0.717, 1.165) is 122 Å². The molecule has 10 heteroatoms. The van der Waals surface area contributed by atoms with Gasteiger partial charge >= 0.3 is 0 Å². The van der Waals surface area contributed by atoms with Crippen LogP contribution < -0.4 is 0 Å². The summed E-state index contributed by atoms with van der Waals surface area (Å²) >= 11 is 0. The highest BCUT2D eigenvalue weighted by Crippen LogP contribution is 2.42. The van der Waals surface area contributed by atoms with Gasteiger partial charge in [0.2, 0.25) is 0 Å². The van der Waals surface area contributed by atoms with Crippen molar-refractivity contribution in [2.24, 2.45) is 0 Å². The molecule has 25 aromatic rings. The Balaban J connectivity index is 0.000000111. The third kappa shape index (κ3) is 15.3. The molecule has 0 saturated heterocycles. The highest BCUT2D eigenvalue weighted by molar-refractivity contribution is 6.16. The summed E-state index contributed by atoms with van der Waals surface area (Å²) in [4.78, 5) is 49.6. The minimum absolute atomic E-state index is 0.638. The monoisotopic (exact) mass is 1660 g/mol. The second kappa shape index (κ2) is 33.8. The first-order chi connectivity index (χ1) is 64.3. The predicted octanol–water partition coefficient (Wildman–Crippen LogP) is 30.5. The van der Waals surface area contributed by atoms with Gasteiger partial charge in [-0.3, -0.25) is 9.97 Å². The summed E-state index contributed by atoms with van der Waals surface area (Å²) in [7, 11) is 0. The number of para-hydroxylation sites is 1. The number of fused-ring (bicyclic) bond motifs is 12. The minimum Gasteiger partial charge on any atom is -0.256 e. The fourth-order valence-corrected chi connectivity index (χ4v) is 17.9. The predicted molar refractivity (Wildman–Crippen MR) is 538 cm³/mol. The van der Waals surface area contributed by atoms with Crippen molar-refractivity contribution >= 4 is 108 Å². The second-order valence-corrected chi connectivity index (χ2v) is 32.6. The number of rotatable bonds is 12. The molecule has 0 atom stereocenters. The normalized spacial score (nSPS) is 11.4. The van der Waals surface area contributed by atoms with E-state index in [4.69, 9.17) is 39.9 Å². The molecule has 606 valence electrons. The number of nitrogens with zero attached hydrogens (tertiary/aromatic N) is 10. The van der Waals surface area contributed by atoms with E-state index in [1.54, 1.807) is 0 Å². The van der Waals surface area contributed by atoms with Crippen LogP contribution in [0.5, 0.6) is 0 Å². The smallest absolute Gasteiger partial charge is 0.164 e. The SMILES string of the molecule is c1ccc(-c2ccc(-c3nc(-c4cc5ccccc5c5ccccc45)cc(-c4cc5ccccc5c5ccccc45)n3)cc2)nc1.c1ccc2cc(-c3ccc(-c4nc(-c5ccc6ccccc6c5)nc(-c5ccc6ccccc6c5)n4)cc3)ccc2c1.c1ccc2cc(-c3nc(-c4ccc(-c5cccc6cccnc56)cc4)nc(-c4ccc5ccccc5c4)n3)ccc2c1. The summed E-state index contributed by atoms with van der Waals surface area (Å²) in [6.07, 6.45) is 3.66. The van der Waals surface area contributed by atoms with E-state index in [1.165, 1.54) is 81.0 Å². The van der Waals surface area contributed by atoms with Crippen molar-refractivity contribution in [3.05, 3.63) is 461 Å². The van der Waals surface area contributed by atoms with E-state index < -0.39 is 0 Å². The maximum atomic E-state index is 5.27. The molecule has 0 radical (unpaired) electrons. The fourth-order valence-electron chi connectivity index (χ4n) is 17.9. The van der Waals surface area contributed by atoms with Gasteiger partial charge in [-0.15, -0.1) is 0 Å². The molecule has 10 nitrogen and oxygen atoms in total. The average molecular weight is 1660 g/mol. The van der Waals surface area contributed by atoms with Crippen LogP contribution >= 0.6 is 0 Å². The zero-order valence-corrected chi connectivity index (χ0v) is 70.4. The van der Waals surface area contributed by atoms with Crippen molar-refractivity contribution in [1.29, 1.82) is 0 Å². The Bertz CT molecular complexity index is 8340. The van der Waals surface area contributed by atoms with Crippen LogP contribution in [0.2, 0.25) is 0 Å². The standard InChI is InChI=1S/C43H27N3.C39H25N3.C38H24N4/c1-3-13-32-30(11-1)25-38(36-17-7-5-15-34(32)36)41-27-42(39-26-31-12-2-4-14-33(31)35-16-6-8-18-37(35)39)46-43(45-41)29-22-20-28(21-23-29)40-19-9-10-24-44-40;1-4-10-31-23-34(20-15-26(31)7-1)29-13-18-30(19-14-29)37-40-38(35-21-16-27-8-2-5-11-32(27)24-35)42-39(41-37)36-22-17-28-9-3-6-12-33(28)25-36;1-3-9-30-23-32(20-14-25(30)7-1)37-40-36(41-38(42-37)33-21-15-26-8-2-4-10-31(26)24-33)29-18-16-27(17-19-29)34-13-5-11-28-12-6-22-39-35(28)34/h1-27H;1-25H;1-24H. The summed E-state index contributed by atoms with van der Waals surface area (Å²) in [6, 6.07) is 157. The number of pyridine rings is 2. The molecule has 0 N–H and O–H groups in total. The van der Waals surface area contributed by atoms with Crippen molar-refractivity contribution in [3.63, 3.8) is 0 Å². The zero-order valence-electron chi connectivity index (χ0n) is 70.4. The lowest BCUT2D eigenvalue weighted by Crippen LogP contribution is -2.00. The molecule has 0 aliphatic heterocycles. The third-order valence-electron chi connectivity index (χ3n) is 24.5. The molecular formula is C120H76N10. The Labute approximate surface area is 749 Å². The van der Waals surface area contributed by atoms with Gasteiger partial charge in [-0.25, -0.2) is 39.9 Å². The van der Waals surface area contributed by atoms with Gasteiger partial charge in [0.1, 0.15) is 0 Å². The van der Waals surface area contributed by atoms with Crippen LogP contribution in [0.4, 0.5) is 0 Å². The summed E-state index contributed by atoms with van der Waals surface area (Å²) < 4.78 is 0. The minimum atomic E-state index is 0.638. The number of hydrogen-bond donors (Lipinski definition) is 0. The summed E-state index contributed by atoms with van der Waals surface area (Å²) in [5.74, 6) is 4.60. The molecule has 130 heavy (non-hydrogen) atoms. The van der Waals surface area contributed by atoms with E-state index in [1.807, 2.05) is 36.7 Å². The fraction of sp³-hybridized carbons (Fsp3) is 0. The molecule has 0 amide bonds. The third-order valence-corrected chi connectivity index (χ3v) is 24.5. The van der Waals surface area contributed by atoms with Crippen molar-refractivity contribution in [2.75, 3.05) is 0 Å². The lowest BCUT2D eigenvalue weighted by molar-refractivity contribution is 1.07. The maximum absolute atomic E-state index is 5.27. The first-order valence-corrected chi connectivity index (χ1v) is 43.6. The van der Waals surface area contributed by atoms with Gasteiger partial charge in [-0.05, 0) is 180 Å². The number of hydrogen-bond acceptors (Lipinski definition) is 10. The molecule has 0 fully saturated rings. The van der Waals surface area contributed by atoms with E-state index in [0.29, 0.717) is 40.8 Å². The Morgan fingerprint density at radius 3 is 0.808 bits per heavy atom. The van der Waals surface area contributed by atoms with Crippen LogP contribution in [0.1, 0.15) is 0 Å². The summed E-state index contributed by atoms with van der Waals surface area (Å²) in [5, 5.41) is 22.6. The van der Waals surface area contributed by atoms with Crippen molar-refractivity contribution < 1.29 is 0 Å². The highest BCUT2D eigenvalue weighted by atomic mass is 15.0. The van der Waals surface area contributed by atoms with Crippen LogP contribution in [0.15, 0.2) is 461 Å². The van der Waals surface area contributed by atoms with Gasteiger partial charge in [0.25, 0.3) is 0 Å². The lowest BCUT2D eigenvalue weighted by atomic mass is 9.93. The number of benzene rings is 20. The first-order valence-electron chi connectivity index (χ1n) is 43.6. The molecular weight excluding hydrogens is 1580 g/mol. The molecule has 0 aliphatic carbocycles. The Hall–Kier alpha value is -17.6. The van der Waals surface area contributed by atoms with Gasteiger partial charge in [0.05, 0.1) is 22.6 Å². The van der Waals surface area contributed by atoms with Gasteiger partial charge < -0.3 is 0 Å². The van der Waals surface area contributed by atoms with Gasteiger partial charge in [-0.2, -0.15) is 0 Å². The summed E-state index contributed by atoms with van der Waals surface area (Å²) in [6.45, 7) is 0. The lowest BCUT2D eigenvalue weighted by Gasteiger charge is -2.15. The van der Waals surface area contributed by atoms with Crippen molar-refractivity contribution in [2.45, 2.75) is 0 Å². The zero-order chi connectivity index (χ0) is 86.2. The van der Waals surface area contributed by atoms with Crippen molar-refractivity contribution in [1.82, 2.24) is 49.8 Å². The summed E-state index contributed by atoms with van der Waals surface area (Å²) in [5.41, 5.74) is 18.2. The van der Waals surface area contributed by atoms with Crippen LogP contribution in [0, 0.1) is 0 Å². The Kier molecular flexibility index (Phi) is 20.1. The average Bonchev–Trinajstić information content (AvgIpc) is 0.752. The molecule has 5 heterocycles. The largest absolute Gasteiger partial charge is 0.256 e. The molecule has 0 unspecified atom stereocenters. The van der Waals surface area contributed by atoms with Gasteiger partial charge in [-0.1, -0.05) is 382 Å². The van der Waals surface area contributed by atoms with Gasteiger partial charge in [0, 0.05) is 79.0 Å². The molecule has 0 aliphatic rings. The molecule has 20 aromatic carbocycles. The van der Waals surface area contributed by atoms with E-state index in [2.05, 4.69) is 435 Å². The second-order valence-electron chi connectivity index (χ2n) is 32.6. The topological polar surface area (TPSA) is 129 Å². The molecule has 25 rings (SSSR count). The molecule has 5 aromatic heterocycles. The Morgan fingerprint density at radius 2 is 0.408 bits per heavy atom. The quantitative estimate of drug-likeness (QED) is 0.109. The molecule has 0 saturated carbocycles. The van der Waals surface area contributed by atoms with E-state index >= 15 is 0 Å². The van der Waals surface area contributed by atoms with Crippen molar-refractivity contribution in [3.8, 4) is 136 Å². The van der Waals surface area contributed by atoms with E-state index in [9.17, 15) is 0 Å². The van der Waals surface area contributed by atoms with Crippen LogP contribution in [0.25, 0.3) is 244 Å². The first kappa shape index (κ1) is 77.2. The Morgan fingerprint density at radius 1 is 0.123 bits per heavy atom.